The lowest BCUT2D eigenvalue weighted by molar-refractivity contribution is 0.0978. The maximum Gasteiger partial charge on any atom is 0.185 e. The Balaban J connectivity index is 2.43. The molecule has 0 radical (unpaired) electrons. The molecule has 1 unspecified atom stereocenters. The van der Waals surface area contributed by atoms with Gasteiger partial charge in [0.1, 0.15) is 5.92 Å². The number of halogens is 2. The summed E-state index contributed by atoms with van der Waals surface area (Å²) in [5.74, 6) is -1.15. The van der Waals surface area contributed by atoms with Crippen molar-refractivity contribution in [2.75, 3.05) is 0 Å². The number of nitrogens with zero attached hydrogens (tertiary/aromatic N) is 2. The zero-order chi connectivity index (χ0) is 13.8. The zero-order valence-corrected chi connectivity index (χ0v) is 12.0. The molecule has 2 aromatic rings. The average molecular weight is 336 g/mol. The maximum absolute atomic E-state index is 12.4. The van der Waals surface area contributed by atoms with Gasteiger partial charge in [-0.25, -0.2) is 0 Å². The Labute approximate surface area is 124 Å². The third-order valence-corrected chi connectivity index (χ3v) is 3.55. The number of pyridine rings is 1. The van der Waals surface area contributed by atoms with Crippen molar-refractivity contribution in [2.45, 2.75) is 5.92 Å². The summed E-state index contributed by atoms with van der Waals surface area (Å²) >= 11 is 9.19. The van der Waals surface area contributed by atoms with E-state index >= 15 is 0 Å². The molecule has 0 N–H and O–H groups in total. The van der Waals surface area contributed by atoms with Crippen LogP contribution in [0.4, 0.5) is 0 Å². The summed E-state index contributed by atoms with van der Waals surface area (Å²) in [7, 11) is 0. The van der Waals surface area contributed by atoms with E-state index in [2.05, 4.69) is 20.9 Å². The molecule has 3 nitrogen and oxygen atoms in total. The van der Waals surface area contributed by atoms with Crippen molar-refractivity contribution < 1.29 is 4.79 Å². The fourth-order valence-corrected chi connectivity index (χ4v) is 2.30. The number of hydrogen-bond acceptors (Lipinski definition) is 3. The van der Waals surface area contributed by atoms with E-state index in [1.54, 1.807) is 42.7 Å². The number of benzene rings is 1. The fraction of sp³-hybridized carbons (Fsp3) is 0.0714. The molecule has 0 aliphatic rings. The molecule has 2 rings (SSSR count). The van der Waals surface area contributed by atoms with Crippen LogP contribution < -0.4 is 0 Å². The number of carbonyl (C=O) groups is 1. The number of aromatic nitrogens is 1. The van der Waals surface area contributed by atoms with Crippen molar-refractivity contribution in [3.8, 4) is 6.07 Å². The number of carbonyl (C=O) groups excluding carboxylic acids is 1. The van der Waals surface area contributed by atoms with Crippen LogP contribution in [0.1, 0.15) is 21.8 Å². The van der Waals surface area contributed by atoms with Gasteiger partial charge in [0.05, 0.1) is 6.07 Å². The predicted octanol–water partition coefficient (Wildman–Crippen LogP) is 3.99. The van der Waals surface area contributed by atoms with Gasteiger partial charge in [0.2, 0.25) is 0 Å². The van der Waals surface area contributed by atoms with E-state index in [0.717, 1.165) is 0 Å². The molecule has 0 aliphatic carbocycles. The van der Waals surface area contributed by atoms with Gasteiger partial charge in [-0.1, -0.05) is 27.5 Å². The minimum absolute atomic E-state index is 0.289. The highest BCUT2D eigenvalue weighted by Crippen LogP contribution is 2.27. The highest BCUT2D eigenvalue weighted by Gasteiger charge is 2.23. The Bertz CT molecular complexity index is 652. The van der Waals surface area contributed by atoms with E-state index in [9.17, 15) is 10.1 Å². The second-order valence-electron chi connectivity index (χ2n) is 3.83. The van der Waals surface area contributed by atoms with Crippen LogP contribution in [-0.4, -0.2) is 10.8 Å². The third kappa shape index (κ3) is 3.01. The van der Waals surface area contributed by atoms with Gasteiger partial charge in [-0.3, -0.25) is 9.78 Å². The van der Waals surface area contributed by atoms with E-state index in [-0.39, 0.29) is 5.78 Å². The Morgan fingerprint density at radius 3 is 2.63 bits per heavy atom. The van der Waals surface area contributed by atoms with Crippen LogP contribution in [0.2, 0.25) is 5.02 Å². The molecule has 1 atom stereocenters. The van der Waals surface area contributed by atoms with Gasteiger partial charge in [-0.2, -0.15) is 5.26 Å². The van der Waals surface area contributed by atoms with Crippen LogP contribution >= 0.6 is 27.5 Å². The molecule has 5 heteroatoms. The molecular weight excluding hydrogens is 328 g/mol. The molecule has 0 fully saturated rings. The van der Waals surface area contributed by atoms with Crippen molar-refractivity contribution in [1.82, 2.24) is 4.98 Å². The topological polar surface area (TPSA) is 53.8 Å². The largest absolute Gasteiger partial charge is 0.292 e. The van der Waals surface area contributed by atoms with Gasteiger partial charge >= 0.3 is 0 Å². The lowest BCUT2D eigenvalue weighted by Crippen LogP contribution is -2.12. The summed E-state index contributed by atoms with van der Waals surface area (Å²) in [4.78, 5) is 16.3. The first kappa shape index (κ1) is 13.7. The normalized spacial score (nSPS) is 11.6. The van der Waals surface area contributed by atoms with Crippen molar-refractivity contribution in [2.24, 2.45) is 0 Å². The SMILES string of the molecule is N#CC(C(=O)c1cc(Cl)ccc1Br)c1ccncc1. The maximum atomic E-state index is 12.4. The minimum atomic E-state index is -0.863. The number of Topliss-reactive ketones (excluding diaryl/α,β-unsaturated/α-hetero) is 1. The summed E-state index contributed by atoms with van der Waals surface area (Å²) in [5.41, 5.74) is 1.02. The summed E-state index contributed by atoms with van der Waals surface area (Å²) in [5, 5.41) is 9.69. The van der Waals surface area contributed by atoms with Crippen LogP contribution in [-0.2, 0) is 0 Å². The first-order valence-corrected chi connectivity index (χ1v) is 6.59. The van der Waals surface area contributed by atoms with E-state index in [1.165, 1.54) is 0 Å². The smallest absolute Gasteiger partial charge is 0.185 e. The Morgan fingerprint density at radius 2 is 2.00 bits per heavy atom. The van der Waals surface area contributed by atoms with Gasteiger partial charge in [0.25, 0.3) is 0 Å². The fourth-order valence-electron chi connectivity index (χ4n) is 1.68. The lowest BCUT2D eigenvalue weighted by Gasteiger charge is -2.10. The molecule has 0 spiro atoms. The van der Waals surface area contributed by atoms with E-state index in [1.807, 2.05) is 6.07 Å². The highest BCUT2D eigenvalue weighted by molar-refractivity contribution is 9.10. The molecule has 0 amide bonds. The molecule has 1 aromatic carbocycles. The first-order chi connectivity index (χ1) is 9.13. The van der Waals surface area contributed by atoms with Crippen molar-refractivity contribution >= 4 is 33.3 Å². The van der Waals surface area contributed by atoms with Gasteiger partial charge < -0.3 is 0 Å². The molecule has 1 aromatic heterocycles. The average Bonchev–Trinajstić information content (AvgIpc) is 2.43. The zero-order valence-electron chi connectivity index (χ0n) is 9.68. The number of rotatable bonds is 3. The highest BCUT2D eigenvalue weighted by atomic mass is 79.9. The van der Waals surface area contributed by atoms with Crippen LogP contribution in [0.5, 0.6) is 0 Å². The standard InChI is InChI=1S/C14H8BrClN2O/c15-13-2-1-10(16)7-11(13)14(19)12(8-17)9-3-5-18-6-4-9/h1-7,12H. The van der Waals surface area contributed by atoms with Crippen molar-refractivity contribution in [3.63, 3.8) is 0 Å². The molecule has 0 bridgehead atoms. The first-order valence-electron chi connectivity index (χ1n) is 5.42. The summed E-state index contributed by atoms with van der Waals surface area (Å²) in [6.07, 6.45) is 3.11. The summed E-state index contributed by atoms with van der Waals surface area (Å²) in [6, 6.07) is 10.3. The monoisotopic (exact) mass is 334 g/mol. The molecule has 94 valence electrons. The molecule has 0 aliphatic heterocycles. The van der Waals surface area contributed by atoms with Gasteiger partial charge in [-0.05, 0) is 35.9 Å². The van der Waals surface area contributed by atoms with Crippen LogP contribution in [0.15, 0.2) is 47.2 Å². The number of hydrogen-bond donors (Lipinski definition) is 0. The van der Waals surface area contributed by atoms with Crippen molar-refractivity contribution in [3.05, 3.63) is 63.3 Å². The van der Waals surface area contributed by atoms with Gasteiger partial charge in [-0.15, -0.1) is 0 Å². The minimum Gasteiger partial charge on any atom is -0.292 e. The predicted molar refractivity (Wildman–Crippen MR) is 76.1 cm³/mol. The Hall–Kier alpha value is -1.70. The lowest BCUT2D eigenvalue weighted by atomic mass is 9.92. The molecule has 1 heterocycles. The number of ketones is 1. The Kier molecular flexibility index (Phi) is 4.31. The molecular formula is C14H8BrClN2O. The van der Waals surface area contributed by atoms with E-state index in [0.29, 0.717) is 20.6 Å². The van der Waals surface area contributed by atoms with Crippen LogP contribution in [0.25, 0.3) is 0 Å². The summed E-state index contributed by atoms with van der Waals surface area (Å²) < 4.78 is 0.621. The van der Waals surface area contributed by atoms with E-state index < -0.39 is 5.92 Å². The Morgan fingerprint density at radius 1 is 1.32 bits per heavy atom. The second kappa shape index (κ2) is 5.96. The van der Waals surface area contributed by atoms with Gasteiger partial charge in [0, 0.05) is 27.5 Å². The quantitative estimate of drug-likeness (QED) is 0.797. The molecule has 0 saturated carbocycles. The van der Waals surface area contributed by atoms with Crippen molar-refractivity contribution in [1.29, 1.82) is 5.26 Å². The third-order valence-electron chi connectivity index (χ3n) is 2.62. The van der Waals surface area contributed by atoms with Gasteiger partial charge in [0.15, 0.2) is 5.78 Å². The number of nitriles is 1. The van der Waals surface area contributed by atoms with E-state index in [4.69, 9.17) is 11.6 Å². The summed E-state index contributed by atoms with van der Waals surface area (Å²) in [6.45, 7) is 0. The molecule has 0 saturated heterocycles. The van der Waals surface area contributed by atoms with Crippen LogP contribution in [0, 0.1) is 11.3 Å². The second-order valence-corrected chi connectivity index (χ2v) is 5.12. The van der Waals surface area contributed by atoms with Crippen LogP contribution in [0.3, 0.4) is 0 Å². The molecule has 19 heavy (non-hydrogen) atoms.